The molecule has 3 atom stereocenters. The standard InChI is InChI=1S/C30H36N6O3/c31-25(10-11-27(37)35-14-4-5-15-35)30(39)36-19-23(21-6-2-1-3-7-21)17-26(36)29(38)34-18-20-8-9-22-12-13-33-28(32)24(22)16-20/h1-3,6-9,12-13,16,23,25-26H,4-5,10-11,14-15,17-19,31H2,(H2,32,33)(H,34,38)/t23?,25-,26?/m0/s1. The van der Waals surface area contributed by atoms with Gasteiger partial charge in [-0.1, -0.05) is 42.5 Å². The lowest BCUT2D eigenvalue weighted by atomic mass is 9.96. The number of benzene rings is 2. The molecule has 3 aromatic rings. The first-order valence-electron chi connectivity index (χ1n) is 13.7. The van der Waals surface area contributed by atoms with Gasteiger partial charge in [-0.15, -0.1) is 0 Å². The summed E-state index contributed by atoms with van der Waals surface area (Å²) in [5, 5.41) is 4.83. The van der Waals surface area contributed by atoms with Gasteiger partial charge in [-0.05, 0) is 54.3 Å². The first-order valence-corrected chi connectivity index (χ1v) is 13.7. The van der Waals surface area contributed by atoms with Crippen molar-refractivity contribution >= 4 is 34.3 Å². The number of nitrogens with one attached hydrogen (secondary N) is 1. The van der Waals surface area contributed by atoms with E-state index in [9.17, 15) is 14.4 Å². The lowest BCUT2D eigenvalue weighted by molar-refractivity contribution is -0.140. The number of rotatable bonds is 8. The van der Waals surface area contributed by atoms with Crippen LogP contribution >= 0.6 is 0 Å². The second-order valence-electron chi connectivity index (χ2n) is 10.6. The van der Waals surface area contributed by atoms with Crippen LogP contribution in [0, 0.1) is 0 Å². The number of pyridine rings is 1. The first-order chi connectivity index (χ1) is 18.9. The minimum atomic E-state index is -0.836. The molecule has 5 N–H and O–H groups in total. The summed E-state index contributed by atoms with van der Waals surface area (Å²) in [5.41, 5.74) is 14.3. The van der Waals surface area contributed by atoms with E-state index in [0.717, 1.165) is 47.8 Å². The number of nitrogen functional groups attached to an aromatic ring is 1. The van der Waals surface area contributed by atoms with Crippen molar-refractivity contribution in [1.29, 1.82) is 0 Å². The van der Waals surface area contributed by atoms with Crippen molar-refractivity contribution < 1.29 is 14.4 Å². The second-order valence-corrected chi connectivity index (χ2v) is 10.6. The summed E-state index contributed by atoms with van der Waals surface area (Å²) in [4.78, 5) is 47.1. The summed E-state index contributed by atoms with van der Waals surface area (Å²) in [6, 6.07) is 16.2. The topological polar surface area (TPSA) is 135 Å². The molecule has 9 nitrogen and oxygen atoms in total. The molecule has 39 heavy (non-hydrogen) atoms. The number of nitrogens with two attached hydrogens (primary N) is 2. The smallest absolute Gasteiger partial charge is 0.243 e. The van der Waals surface area contributed by atoms with E-state index >= 15 is 0 Å². The molecule has 9 heteroatoms. The first kappa shape index (κ1) is 26.6. The molecule has 2 aliphatic rings. The molecule has 5 rings (SSSR count). The molecule has 0 bridgehead atoms. The van der Waals surface area contributed by atoms with Gasteiger partial charge in [0.15, 0.2) is 0 Å². The van der Waals surface area contributed by atoms with Crippen molar-refractivity contribution in [1.82, 2.24) is 20.1 Å². The molecule has 2 saturated heterocycles. The number of aromatic nitrogens is 1. The van der Waals surface area contributed by atoms with Crippen molar-refractivity contribution in [3.63, 3.8) is 0 Å². The van der Waals surface area contributed by atoms with E-state index in [-0.39, 0.29) is 36.5 Å². The summed E-state index contributed by atoms with van der Waals surface area (Å²) < 4.78 is 0. The Morgan fingerprint density at radius 1 is 1.05 bits per heavy atom. The summed E-state index contributed by atoms with van der Waals surface area (Å²) in [6.45, 7) is 2.26. The number of likely N-dealkylation sites (tertiary alicyclic amines) is 2. The highest BCUT2D eigenvalue weighted by atomic mass is 16.2. The molecular formula is C30H36N6O3. The number of nitrogens with zero attached hydrogens (tertiary/aromatic N) is 3. The van der Waals surface area contributed by atoms with Gasteiger partial charge in [-0.25, -0.2) is 4.98 Å². The quantitative estimate of drug-likeness (QED) is 0.411. The van der Waals surface area contributed by atoms with E-state index in [2.05, 4.69) is 10.3 Å². The predicted octanol–water partition coefficient (Wildman–Crippen LogP) is 2.55. The van der Waals surface area contributed by atoms with Crippen LogP contribution in [0.5, 0.6) is 0 Å². The van der Waals surface area contributed by atoms with Crippen LogP contribution in [0.25, 0.3) is 10.8 Å². The van der Waals surface area contributed by atoms with Crippen LogP contribution in [0.3, 0.4) is 0 Å². The number of carbonyl (C=O) groups excluding carboxylic acids is 3. The van der Waals surface area contributed by atoms with E-state index in [1.807, 2.05) is 59.5 Å². The SMILES string of the molecule is Nc1nccc2ccc(CNC(=O)C3CC(c4ccccc4)CN3C(=O)[C@@H](N)CCC(=O)N3CCCC3)cc12. The molecule has 204 valence electrons. The van der Waals surface area contributed by atoms with E-state index < -0.39 is 12.1 Å². The Balaban J connectivity index is 1.27. The summed E-state index contributed by atoms with van der Waals surface area (Å²) in [6.07, 6.45) is 4.72. The summed E-state index contributed by atoms with van der Waals surface area (Å²) >= 11 is 0. The second kappa shape index (κ2) is 11.8. The van der Waals surface area contributed by atoms with Crippen LogP contribution in [0.1, 0.15) is 49.1 Å². The zero-order valence-electron chi connectivity index (χ0n) is 22.1. The Morgan fingerprint density at radius 2 is 1.82 bits per heavy atom. The molecule has 2 fully saturated rings. The van der Waals surface area contributed by atoms with Gasteiger partial charge in [0.05, 0.1) is 6.04 Å². The van der Waals surface area contributed by atoms with E-state index in [4.69, 9.17) is 11.5 Å². The molecule has 3 amide bonds. The maximum absolute atomic E-state index is 13.5. The van der Waals surface area contributed by atoms with Crippen LogP contribution in [0.2, 0.25) is 0 Å². The van der Waals surface area contributed by atoms with E-state index in [1.165, 1.54) is 0 Å². The van der Waals surface area contributed by atoms with Gasteiger partial charge >= 0.3 is 0 Å². The van der Waals surface area contributed by atoms with Crippen LogP contribution < -0.4 is 16.8 Å². The number of hydrogen-bond donors (Lipinski definition) is 3. The Hall–Kier alpha value is -3.98. The Kier molecular flexibility index (Phi) is 8.07. The van der Waals surface area contributed by atoms with Gasteiger partial charge in [0.25, 0.3) is 0 Å². The largest absolute Gasteiger partial charge is 0.383 e. The average molecular weight is 529 g/mol. The molecule has 2 aliphatic heterocycles. The third-order valence-corrected chi connectivity index (χ3v) is 7.93. The highest BCUT2D eigenvalue weighted by Crippen LogP contribution is 2.32. The molecule has 0 radical (unpaired) electrons. The van der Waals surface area contributed by atoms with Crippen molar-refractivity contribution in [3.05, 3.63) is 71.9 Å². The maximum Gasteiger partial charge on any atom is 0.243 e. The molecule has 1 aromatic heterocycles. The Morgan fingerprint density at radius 3 is 2.59 bits per heavy atom. The lowest BCUT2D eigenvalue weighted by Gasteiger charge is -2.27. The fraction of sp³-hybridized carbons (Fsp3) is 0.400. The van der Waals surface area contributed by atoms with Crippen LogP contribution in [-0.2, 0) is 20.9 Å². The van der Waals surface area contributed by atoms with Crippen LogP contribution in [0.4, 0.5) is 5.82 Å². The number of hydrogen-bond acceptors (Lipinski definition) is 6. The normalized spacial score (nSPS) is 19.8. The van der Waals surface area contributed by atoms with Gasteiger partial charge in [0, 0.05) is 50.1 Å². The van der Waals surface area contributed by atoms with Crippen molar-refractivity contribution in [3.8, 4) is 0 Å². The van der Waals surface area contributed by atoms with Crippen molar-refractivity contribution in [2.45, 2.75) is 56.7 Å². The molecule has 0 saturated carbocycles. The molecular weight excluding hydrogens is 492 g/mol. The highest BCUT2D eigenvalue weighted by molar-refractivity contribution is 5.92. The van der Waals surface area contributed by atoms with Gasteiger partial charge in [-0.2, -0.15) is 0 Å². The number of fused-ring (bicyclic) bond motifs is 1. The molecule has 0 aliphatic carbocycles. The molecule has 2 unspecified atom stereocenters. The number of anilines is 1. The fourth-order valence-electron chi connectivity index (χ4n) is 5.69. The van der Waals surface area contributed by atoms with Crippen LogP contribution in [0.15, 0.2) is 60.8 Å². The predicted molar refractivity (Wildman–Crippen MR) is 150 cm³/mol. The minimum absolute atomic E-state index is 0.0240. The van der Waals surface area contributed by atoms with Gasteiger partial charge in [0.1, 0.15) is 11.9 Å². The number of carbonyl (C=O) groups is 3. The lowest BCUT2D eigenvalue weighted by Crippen LogP contribution is -2.51. The Bertz CT molecular complexity index is 1340. The monoisotopic (exact) mass is 528 g/mol. The number of amides is 3. The Labute approximate surface area is 228 Å². The molecule has 0 spiro atoms. The summed E-state index contributed by atoms with van der Waals surface area (Å²) in [5.74, 6) is 0.000558. The third-order valence-electron chi connectivity index (χ3n) is 7.93. The minimum Gasteiger partial charge on any atom is -0.383 e. The van der Waals surface area contributed by atoms with E-state index in [0.29, 0.717) is 25.3 Å². The van der Waals surface area contributed by atoms with E-state index in [1.54, 1.807) is 11.1 Å². The fourth-order valence-corrected chi connectivity index (χ4v) is 5.69. The average Bonchev–Trinajstić information content (AvgIpc) is 3.66. The zero-order chi connectivity index (χ0) is 27.4. The van der Waals surface area contributed by atoms with Gasteiger partial charge in [0.2, 0.25) is 17.7 Å². The van der Waals surface area contributed by atoms with Gasteiger partial charge in [-0.3, -0.25) is 14.4 Å². The highest BCUT2D eigenvalue weighted by Gasteiger charge is 2.41. The maximum atomic E-state index is 13.5. The summed E-state index contributed by atoms with van der Waals surface area (Å²) in [7, 11) is 0. The zero-order valence-corrected chi connectivity index (χ0v) is 22.1. The third kappa shape index (κ3) is 6.04. The molecule has 3 heterocycles. The van der Waals surface area contributed by atoms with Crippen molar-refractivity contribution in [2.75, 3.05) is 25.4 Å². The molecule has 2 aromatic carbocycles. The van der Waals surface area contributed by atoms with Crippen LogP contribution in [-0.4, -0.2) is 64.2 Å². The van der Waals surface area contributed by atoms with Gasteiger partial charge < -0.3 is 26.6 Å². The van der Waals surface area contributed by atoms with Crippen molar-refractivity contribution in [2.24, 2.45) is 5.73 Å².